The second-order valence-corrected chi connectivity index (χ2v) is 28.7. The summed E-state index contributed by atoms with van der Waals surface area (Å²) in [6, 6.07) is 16.0. The van der Waals surface area contributed by atoms with Gasteiger partial charge in [-0.2, -0.15) is 0 Å². The monoisotopic (exact) mass is 1580 g/mol. The number of aliphatic hydroxyl groups excluding tert-OH is 1. The summed E-state index contributed by atoms with van der Waals surface area (Å²) in [4.78, 5) is 204. The lowest BCUT2D eigenvalue weighted by molar-refractivity contribution is -0.157. The highest BCUT2D eigenvalue weighted by Gasteiger charge is 2.40. The number of carbonyl (C=O) groups is 14. The van der Waals surface area contributed by atoms with Crippen molar-refractivity contribution in [2.75, 3.05) is 39.3 Å². The molecule has 13 atom stereocenters. The molecule has 2 aromatic heterocycles. The maximum Gasteiger partial charge on any atom is 0.331 e. The lowest BCUT2D eigenvalue weighted by Crippen LogP contribution is -2.62. The number of ether oxygens (including phenoxy) is 1. The smallest absolute Gasteiger partial charge is 0.331 e. The zero-order valence-electron chi connectivity index (χ0n) is 65.0. The molecule has 0 aliphatic carbocycles. The van der Waals surface area contributed by atoms with E-state index in [4.69, 9.17) is 27.7 Å². The van der Waals surface area contributed by atoms with Crippen LogP contribution in [0.25, 0.3) is 32.9 Å². The van der Waals surface area contributed by atoms with Crippen molar-refractivity contribution in [2.24, 2.45) is 34.8 Å². The molecule has 13 amide bonds. The van der Waals surface area contributed by atoms with Gasteiger partial charge in [-0.1, -0.05) is 132 Å². The Bertz CT molecular complexity index is 4290. The number of hydrogen-bond donors (Lipinski definition) is 19. The molecule has 4 aromatic carbocycles. The number of benzene rings is 4. The number of nitrogens with one attached hydrogen (secondary N) is 14. The van der Waals surface area contributed by atoms with Crippen LogP contribution in [-0.4, -0.2) is 204 Å². The summed E-state index contributed by atoms with van der Waals surface area (Å²) in [7, 11) is 0. The normalized spacial score (nSPS) is 17.7. The van der Waals surface area contributed by atoms with E-state index in [2.05, 4.69) is 73.8 Å². The highest BCUT2D eigenvalue weighted by atomic mass is 16.5. The number of carbonyl (C=O) groups excluding carboxylic acids is 14. The number of aromatic amines is 2. The Kier molecular flexibility index (Phi) is 35.5. The van der Waals surface area contributed by atoms with E-state index in [0.717, 1.165) is 17.5 Å². The molecule has 1 aliphatic rings. The molecule has 1 aliphatic heterocycles. The van der Waals surface area contributed by atoms with Crippen molar-refractivity contribution in [1.82, 2.24) is 73.8 Å². The fourth-order valence-electron chi connectivity index (χ4n) is 12.9. The zero-order chi connectivity index (χ0) is 83.0. The molecule has 0 spiro atoms. The minimum absolute atomic E-state index is 0.0307. The van der Waals surface area contributed by atoms with Gasteiger partial charge in [-0.05, 0) is 123 Å². The predicted octanol–water partition coefficient (Wildman–Crippen LogP) is -0.673. The Morgan fingerprint density at radius 2 is 1.00 bits per heavy atom. The largest absolute Gasteiger partial charge is 0.458 e. The molecule has 0 bridgehead atoms. The number of H-pyrrole nitrogens is 2. The molecule has 0 radical (unpaired) electrons. The van der Waals surface area contributed by atoms with Gasteiger partial charge in [-0.3, -0.25) is 62.3 Å². The summed E-state index contributed by atoms with van der Waals surface area (Å²) in [6.07, 6.45) is 2.38. The van der Waals surface area contributed by atoms with Crippen molar-refractivity contribution in [3.8, 4) is 11.1 Å². The summed E-state index contributed by atoms with van der Waals surface area (Å²) in [5.41, 5.74) is 28.3. The molecule has 7 rings (SSSR count). The Morgan fingerprint density at radius 3 is 1.53 bits per heavy atom. The van der Waals surface area contributed by atoms with Crippen molar-refractivity contribution in [1.29, 1.82) is 0 Å². The summed E-state index contributed by atoms with van der Waals surface area (Å²) in [5.74, 6) is -12.8. The molecule has 34 nitrogen and oxygen atoms in total. The van der Waals surface area contributed by atoms with Crippen LogP contribution in [0.5, 0.6) is 0 Å². The lowest BCUT2D eigenvalue weighted by Gasteiger charge is -2.30. The number of fused-ring (bicyclic) bond motifs is 2. The molecular weight excluding hydrogens is 1470 g/mol. The zero-order valence-corrected chi connectivity index (χ0v) is 65.0. The number of esters is 1. The number of aliphatic hydroxyl groups is 1. The standard InChI is InChI=1S/C80H110N18O16/c1-6-45(3)27-32-66(101)90-63(39-65(84)100)76(109)94-60(36-48-28-30-50(31-29-48)49-18-9-8-10-19-49)74(107)96-61(37-51-40-85-55-22-13-11-20-53(51)55)75(108)93-59(26-17-35-83)73(106)92-57(24-15-33-81)71(104)87-42-67(102)89-58(25-16-34-82)72(105)95-62(38-52-41-86-56-23-14-12-21-54(52)56)77(110)98-70-47(5)114-80(113)64(44-99)91-68(103)43-88-78(111)69(46(4)7-2)97-79(70)112/h8-14,18-23,28-31,40-41,45-47,57-64,69-70,85-86,99H,6-7,15-17,24-27,32-39,42-44,81-83H2,1-5H3,(H2,84,100)(H,87,104)(H,88,111)(H,89,102)(H,90,101)(H,91,103)(H,92,106)(H,93,108)(H,94,109)(H,95,105)(H,96,107)(H,97,112)(H,98,110)/t45?,46-,47+,57-,58+,59+,60+,61+,62-,63+,64-,69-,70-/m0/s1. The van der Waals surface area contributed by atoms with Crippen molar-refractivity contribution in [3.63, 3.8) is 0 Å². The number of amides is 13. The number of nitrogens with two attached hydrogens (primary N) is 4. The fraction of sp³-hybridized carbons (Fsp3) is 0.475. The van der Waals surface area contributed by atoms with E-state index in [1.54, 1.807) is 80.8 Å². The first-order chi connectivity index (χ1) is 54.7. The third kappa shape index (κ3) is 27.1. The van der Waals surface area contributed by atoms with E-state index in [1.807, 2.05) is 62.4 Å². The maximum absolute atomic E-state index is 15.1. The van der Waals surface area contributed by atoms with Gasteiger partial charge >= 0.3 is 5.97 Å². The van der Waals surface area contributed by atoms with Gasteiger partial charge in [0.2, 0.25) is 76.8 Å². The minimum atomic E-state index is -1.79. The molecule has 114 heavy (non-hydrogen) atoms. The number of rotatable bonds is 42. The first-order valence-electron chi connectivity index (χ1n) is 38.7. The van der Waals surface area contributed by atoms with Gasteiger partial charge in [0.1, 0.15) is 60.5 Å². The topological polar surface area (TPSA) is 548 Å². The summed E-state index contributed by atoms with van der Waals surface area (Å²) >= 11 is 0. The first kappa shape index (κ1) is 89.6. The number of para-hydroxylation sites is 2. The average Bonchev–Trinajstić information content (AvgIpc) is 1.77. The number of cyclic esters (lactones) is 1. The van der Waals surface area contributed by atoms with Crippen LogP contribution in [0.3, 0.4) is 0 Å². The van der Waals surface area contributed by atoms with Gasteiger partial charge < -0.3 is 107 Å². The van der Waals surface area contributed by atoms with E-state index in [9.17, 15) is 62.6 Å². The lowest BCUT2D eigenvalue weighted by atomic mass is 9.97. The van der Waals surface area contributed by atoms with Gasteiger partial charge in [0.15, 0.2) is 6.04 Å². The summed E-state index contributed by atoms with van der Waals surface area (Å²) < 4.78 is 5.58. The average molecular weight is 1580 g/mol. The molecule has 1 unspecified atom stereocenters. The highest BCUT2D eigenvalue weighted by molar-refractivity contribution is 6.01. The van der Waals surface area contributed by atoms with E-state index in [-0.39, 0.29) is 89.8 Å². The summed E-state index contributed by atoms with van der Waals surface area (Å²) in [5, 5.41) is 42.8. The van der Waals surface area contributed by atoms with Crippen LogP contribution in [0.15, 0.2) is 116 Å². The van der Waals surface area contributed by atoms with E-state index in [1.165, 1.54) is 6.92 Å². The molecule has 6 aromatic rings. The third-order valence-electron chi connectivity index (χ3n) is 20.0. The number of primary amides is 1. The second-order valence-electron chi connectivity index (χ2n) is 28.7. The SMILES string of the molecule is CCC(C)CCC(=O)N[C@H](CC(N)=O)C(=O)N[C@H](Cc1ccc(-c2ccccc2)cc1)C(=O)N[C@H](Cc1c[nH]c2ccccc12)C(=O)N[C@H](CCCN)C(=O)N[C@@H](CCCN)C(=O)NCC(=O)N[C@H](CCCN)C(=O)N[C@@H](Cc1c[nH]c2ccccc12)C(=O)N[C@@H]1C(=O)N[C@@H]([C@@H](C)CC)C(=O)NCC(=O)N[C@@H](CO)C(=O)O[C@@H]1C. The Balaban J connectivity index is 1.11. The minimum Gasteiger partial charge on any atom is -0.458 e. The molecule has 0 saturated carbocycles. The van der Waals surface area contributed by atoms with E-state index in [0.29, 0.717) is 51.3 Å². The van der Waals surface area contributed by atoms with Crippen LogP contribution in [0, 0.1) is 11.8 Å². The molecule has 616 valence electrons. The molecule has 23 N–H and O–H groups in total. The fourth-order valence-corrected chi connectivity index (χ4v) is 12.9. The van der Waals surface area contributed by atoms with Gasteiger partial charge in [-0.15, -0.1) is 0 Å². The summed E-state index contributed by atoms with van der Waals surface area (Å²) in [6.45, 7) is 6.39. The van der Waals surface area contributed by atoms with Crippen LogP contribution in [0.2, 0.25) is 0 Å². The Hall–Kier alpha value is -11.6. The van der Waals surface area contributed by atoms with Gasteiger partial charge in [0.25, 0.3) is 0 Å². The Morgan fingerprint density at radius 1 is 0.526 bits per heavy atom. The molecular formula is C80H110N18O16. The molecule has 1 fully saturated rings. The van der Waals surface area contributed by atoms with Crippen LogP contribution >= 0.6 is 0 Å². The van der Waals surface area contributed by atoms with Crippen molar-refractivity contribution in [2.45, 2.75) is 191 Å². The van der Waals surface area contributed by atoms with Gasteiger partial charge in [0, 0.05) is 59.9 Å². The van der Waals surface area contributed by atoms with Crippen LogP contribution in [0.1, 0.15) is 122 Å². The molecule has 1 saturated heterocycles. The number of aromatic nitrogens is 2. The quantitative estimate of drug-likeness (QED) is 0.0211. The first-order valence-corrected chi connectivity index (χ1v) is 38.7. The second kappa shape index (κ2) is 45.2. The third-order valence-corrected chi connectivity index (χ3v) is 20.0. The van der Waals surface area contributed by atoms with Gasteiger partial charge in [0.05, 0.1) is 26.1 Å². The highest BCUT2D eigenvalue weighted by Crippen LogP contribution is 2.24. The van der Waals surface area contributed by atoms with Gasteiger partial charge in [-0.25, -0.2) is 4.79 Å². The molecule has 34 heteroatoms. The van der Waals surface area contributed by atoms with Crippen LogP contribution in [-0.2, 0) is 91.1 Å². The van der Waals surface area contributed by atoms with Crippen molar-refractivity contribution >= 4 is 105 Å². The predicted molar refractivity (Wildman–Crippen MR) is 424 cm³/mol. The maximum atomic E-state index is 15.1. The van der Waals surface area contributed by atoms with Crippen molar-refractivity contribution < 1.29 is 77.0 Å². The van der Waals surface area contributed by atoms with E-state index >= 15 is 9.59 Å². The number of hydrogen-bond acceptors (Lipinski definition) is 19. The Labute approximate surface area is 660 Å². The van der Waals surface area contributed by atoms with Crippen LogP contribution < -0.4 is 86.7 Å². The molecule has 3 heterocycles. The van der Waals surface area contributed by atoms with E-state index < -0.39 is 181 Å². The van der Waals surface area contributed by atoms with Crippen LogP contribution in [0.4, 0.5) is 0 Å². The van der Waals surface area contributed by atoms with Crippen molar-refractivity contribution in [3.05, 3.63) is 132 Å².